The second-order valence-electron chi connectivity index (χ2n) is 6.10. The van der Waals surface area contributed by atoms with Crippen molar-refractivity contribution in [3.05, 3.63) is 89.7 Å². The molecular formula is C23H21FN2O4. The summed E-state index contributed by atoms with van der Waals surface area (Å²) in [4.78, 5) is 12.4. The lowest BCUT2D eigenvalue weighted by atomic mass is 10.2. The first-order valence-corrected chi connectivity index (χ1v) is 9.24. The lowest BCUT2D eigenvalue weighted by Gasteiger charge is -2.11. The van der Waals surface area contributed by atoms with Crippen LogP contribution in [0.25, 0.3) is 0 Å². The Morgan fingerprint density at radius 1 is 0.967 bits per heavy atom. The zero-order valence-corrected chi connectivity index (χ0v) is 16.4. The summed E-state index contributed by atoms with van der Waals surface area (Å²) in [5.74, 6) is 0.344. The standard InChI is InChI=1S/C23H21FN2O4/c1-28-22-12-11-17(15-20(22)24)16-25-26-23(27)19-9-5-6-10-21(19)30-14-13-29-18-7-3-2-4-8-18/h2-12,15-16H,13-14H2,1H3,(H,26,27)/b25-16-. The molecular weight excluding hydrogens is 387 g/mol. The Bertz CT molecular complexity index is 1010. The van der Waals surface area contributed by atoms with Crippen molar-refractivity contribution in [3.63, 3.8) is 0 Å². The predicted molar refractivity (Wildman–Crippen MR) is 112 cm³/mol. The molecule has 0 saturated carbocycles. The van der Waals surface area contributed by atoms with Crippen LogP contribution in [0, 0.1) is 5.82 Å². The number of carbonyl (C=O) groups is 1. The third-order valence-corrected chi connectivity index (χ3v) is 4.04. The molecule has 0 radical (unpaired) electrons. The monoisotopic (exact) mass is 408 g/mol. The second-order valence-corrected chi connectivity index (χ2v) is 6.10. The number of para-hydroxylation sites is 2. The molecule has 3 aromatic carbocycles. The van der Waals surface area contributed by atoms with Crippen molar-refractivity contribution in [1.82, 2.24) is 5.43 Å². The summed E-state index contributed by atoms with van der Waals surface area (Å²) in [6, 6.07) is 20.6. The van der Waals surface area contributed by atoms with Crippen molar-refractivity contribution in [2.45, 2.75) is 0 Å². The summed E-state index contributed by atoms with van der Waals surface area (Å²) >= 11 is 0. The molecule has 0 aromatic heterocycles. The molecule has 0 aliphatic heterocycles. The molecule has 3 rings (SSSR count). The molecule has 0 fully saturated rings. The molecule has 0 aliphatic rings. The number of halogens is 1. The largest absolute Gasteiger partial charge is 0.494 e. The average Bonchev–Trinajstić information content (AvgIpc) is 2.78. The fourth-order valence-corrected chi connectivity index (χ4v) is 2.60. The Balaban J connectivity index is 1.55. The van der Waals surface area contributed by atoms with E-state index in [0.29, 0.717) is 23.5 Å². The Labute approximate surface area is 173 Å². The van der Waals surface area contributed by atoms with E-state index in [9.17, 15) is 9.18 Å². The first-order valence-electron chi connectivity index (χ1n) is 9.24. The first-order chi connectivity index (χ1) is 14.7. The minimum atomic E-state index is -0.510. The second kappa shape index (κ2) is 10.6. The molecule has 3 aromatic rings. The topological polar surface area (TPSA) is 69.2 Å². The minimum Gasteiger partial charge on any atom is -0.494 e. The van der Waals surface area contributed by atoms with E-state index < -0.39 is 11.7 Å². The fraction of sp³-hybridized carbons (Fsp3) is 0.130. The maximum atomic E-state index is 13.7. The molecule has 7 heteroatoms. The Morgan fingerprint density at radius 2 is 1.70 bits per heavy atom. The molecule has 154 valence electrons. The molecule has 0 spiro atoms. The number of hydrogen-bond donors (Lipinski definition) is 1. The van der Waals surface area contributed by atoms with Crippen LogP contribution in [0.1, 0.15) is 15.9 Å². The van der Waals surface area contributed by atoms with Gasteiger partial charge in [0, 0.05) is 0 Å². The van der Waals surface area contributed by atoms with Gasteiger partial charge in [-0.05, 0) is 48.0 Å². The van der Waals surface area contributed by atoms with Crippen LogP contribution in [0.4, 0.5) is 4.39 Å². The van der Waals surface area contributed by atoms with Crippen molar-refractivity contribution in [1.29, 1.82) is 0 Å². The molecule has 0 atom stereocenters. The zero-order valence-electron chi connectivity index (χ0n) is 16.4. The van der Waals surface area contributed by atoms with Crippen LogP contribution in [-0.2, 0) is 0 Å². The number of nitrogens with zero attached hydrogens (tertiary/aromatic N) is 1. The smallest absolute Gasteiger partial charge is 0.275 e. The highest BCUT2D eigenvalue weighted by Gasteiger charge is 2.11. The Morgan fingerprint density at radius 3 is 2.47 bits per heavy atom. The van der Waals surface area contributed by atoms with Crippen molar-refractivity contribution in [2.75, 3.05) is 20.3 Å². The number of methoxy groups -OCH3 is 1. The summed E-state index contributed by atoms with van der Waals surface area (Å²) < 4.78 is 29.8. The minimum absolute atomic E-state index is 0.138. The number of carbonyl (C=O) groups excluding carboxylic acids is 1. The van der Waals surface area contributed by atoms with E-state index in [0.717, 1.165) is 5.75 Å². The van der Waals surface area contributed by atoms with Gasteiger partial charge in [0.15, 0.2) is 11.6 Å². The SMILES string of the molecule is COc1ccc(/C=N\NC(=O)c2ccccc2OCCOc2ccccc2)cc1F. The summed E-state index contributed by atoms with van der Waals surface area (Å²) in [5, 5.41) is 3.88. The van der Waals surface area contributed by atoms with Gasteiger partial charge in [0.2, 0.25) is 0 Å². The summed E-state index contributed by atoms with van der Waals surface area (Å²) in [7, 11) is 1.39. The van der Waals surface area contributed by atoms with E-state index in [1.54, 1.807) is 30.3 Å². The van der Waals surface area contributed by atoms with Crippen molar-refractivity contribution >= 4 is 12.1 Å². The predicted octanol–water partition coefficient (Wildman–Crippen LogP) is 4.06. The van der Waals surface area contributed by atoms with Gasteiger partial charge < -0.3 is 14.2 Å². The number of benzene rings is 3. The van der Waals surface area contributed by atoms with Gasteiger partial charge in [0.1, 0.15) is 24.7 Å². The van der Waals surface area contributed by atoms with Gasteiger partial charge in [0.05, 0.1) is 18.9 Å². The molecule has 0 bridgehead atoms. The van der Waals surface area contributed by atoms with Gasteiger partial charge >= 0.3 is 0 Å². The van der Waals surface area contributed by atoms with Crippen LogP contribution in [0.15, 0.2) is 77.9 Å². The van der Waals surface area contributed by atoms with E-state index in [2.05, 4.69) is 10.5 Å². The molecule has 0 saturated heterocycles. The van der Waals surface area contributed by atoms with E-state index >= 15 is 0 Å². The van der Waals surface area contributed by atoms with Crippen molar-refractivity contribution in [2.24, 2.45) is 5.10 Å². The van der Waals surface area contributed by atoms with Crippen molar-refractivity contribution in [3.8, 4) is 17.2 Å². The van der Waals surface area contributed by atoms with Gasteiger partial charge in [-0.25, -0.2) is 9.82 Å². The van der Waals surface area contributed by atoms with E-state index in [1.807, 2.05) is 30.3 Å². The van der Waals surface area contributed by atoms with Gasteiger partial charge in [-0.3, -0.25) is 4.79 Å². The Kier molecular flexibility index (Phi) is 7.38. The lowest BCUT2D eigenvalue weighted by molar-refractivity contribution is 0.0950. The summed E-state index contributed by atoms with van der Waals surface area (Å²) in [5.41, 5.74) is 3.23. The van der Waals surface area contributed by atoms with E-state index in [1.165, 1.54) is 25.5 Å². The maximum Gasteiger partial charge on any atom is 0.275 e. The molecule has 0 heterocycles. The Hall–Kier alpha value is -3.87. The van der Waals surface area contributed by atoms with E-state index in [4.69, 9.17) is 14.2 Å². The third kappa shape index (κ3) is 5.81. The molecule has 1 amide bonds. The van der Waals surface area contributed by atoms with Crippen LogP contribution in [0.3, 0.4) is 0 Å². The highest BCUT2D eigenvalue weighted by atomic mass is 19.1. The van der Waals surface area contributed by atoms with Gasteiger partial charge in [-0.2, -0.15) is 5.10 Å². The van der Waals surface area contributed by atoms with Crippen LogP contribution < -0.4 is 19.6 Å². The van der Waals surface area contributed by atoms with Crippen LogP contribution in [0.2, 0.25) is 0 Å². The number of ether oxygens (including phenoxy) is 3. The van der Waals surface area contributed by atoms with Crippen LogP contribution >= 0.6 is 0 Å². The molecule has 30 heavy (non-hydrogen) atoms. The third-order valence-electron chi connectivity index (χ3n) is 4.04. The number of hydrogen-bond acceptors (Lipinski definition) is 5. The van der Waals surface area contributed by atoms with Crippen LogP contribution in [0.5, 0.6) is 17.2 Å². The fourth-order valence-electron chi connectivity index (χ4n) is 2.60. The molecule has 0 aliphatic carbocycles. The van der Waals surface area contributed by atoms with E-state index in [-0.39, 0.29) is 12.4 Å². The zero-order chi connectivity index (χ0) is 21.2. The molecule has 6 nitrogen and oxygen atoms in total. The highest BCUT2D eigenvalue weighted by molar-refractivity contribution is 5.97. The number of hydrazone groups is 1. The summed E-state index contributed by atoms with van der Waals surface area (Å²) in [6.07, 6.45) is 1.34. The number of rotatable bonds is 9. The highest BCUT2D eigenvalue weighted by Crippen LogP contribution is 2.19. The summed E-state index contributed by atoms with van der Waals surface area (Å²) in [6.45, 7) is 0.606. The van der Waals surface area contributed by atoms with Gasteiger partial charge in [-0.15, -0.1) is 0 Å². The number of nitrogens with one attached hydrogen (secondary N) is 1. The lowest BCUT2D eigenvalue weighted by Crippen LogP contribution is -2.19. The van der Waals surface area contributed by atoms with Crippen LogP contribution in [-0.4, -0.2) is 32.4 Å². The maximum absolute atomic E-state index is 13.7. The van der Waals surface area contributed by atoms with Gasteiger partial charge in [-0.1, -0.05) is 30.3 Å². The first kappa shape index (κ1) is 20.9. The average molecular weight is 408 g/mol. The van der Waals surface area contributed by atoms with Crippen molar-refractivity contribution < 1.29 is 23.4 Å². The normalized spacial score (nSPS) is 10.6. The van der Waals surface area contributed by atoms with Gasteiger partial charge in [0.25, 0.3) is 5.91 Å². The quantitative estimate of drug-likeness (QED) is 0.329. The molecule has 0 unspecified atom stereocenters. The number of amides is 1. The molecule has 1 N–H and O–H groups in total.